The first-order chi connectivity index (χ1) is 14.4. The zero-order valence-corrected chi connectivity index (χ0v) is 17.4. The molecule has 0 bridgehead atoms. The molecule has 1 fully saturated rings. The van der Waals surface area contributed by atoms with E-state index in [1.54, 1.807) is 0 Å². The van der Waals surface area contributed by atoms with Crippen LogP contribution in [0.2, 0.25) is 0 Å². The first kappa shape index (κ1) is 18.6. The van der Waals surface area contributed by atoms with Crippen molar-refractivity contribution < 1.29 is 4.74 Å². The molecule has 1 aliphatic heterocycles. The Hall–Kier alpha value is -2.44. The third-order valence-corrected chi connectivity index (χ3v) is 9.04. The summed E-state index contributed by atoms with van der Waals surface area (Å²) in [7, 11) is -0.437. The number of ether oxygens (including phenoxy) is 1. The van der Waals surface area contributed by atoms with Gasteiger partial charge in [0.25, 0.3) is 0 Å². The maximum Gasteiger partial charge on any atom is 0.187 e. The fraction of sp³-hybridized carbons (Fsp3) is 0.269. The van der Waals surface area contributed by atoms with E-state index >= 15 is 0 Å². The first-order valence-corrected chi connectivity index (χ1v) is 12.0. The van der Waals surface area contributed by atoms with Crippen LogP contribution in [-0.4, -0.2) is 18.2 Å². The molecule has 1 aliphatic carbocycles. The molecule has 3 aromatic rings. The van der Waals surface area contributed by atoms with Crippen LogP contribution in [0, 0.1) is 5.92 Å². The number of rotatable bonds is 5. The van der Waals surface area contributed by atoms with Crippen molar-refractivity contribution >= 4 is 24.4 Å². The predicted molar refractivity (Wildman–Crippen MR) is 123 cm³/mol. The number of hydrogen-bond acceptors (Lipinski definition) is 2. The van der Waals surface area contributed by atoms with Crippen LogP contribution in [0.1, 0.15) is 30.9 Å². The largest absolute Gasteiger partial charge is 0.478 e. The SMILES string of the molecule is c1ccc([C@@H]2COC(C3CCCC3P(c3ccccc3)c3ccccc3)=N2)cc1. The molecule has 0 N–H and O–H groups in total. The van der Waals surface area contributed by atoms with Crippen molar-refractivity contribution in [2.75, 3.05) is 6.61 Å². The van der Waals surface area contributed by atoms with Crippen molar-refractivity contribution in [2.45, 2.75) is 31.0 Å². The van der Waals surface area contributed by atoms with Gasteiger partial charge >= 0.3 is 0 Å². The van der Waals surface area contributed by atoms with Crippen LogP contribution in [-0.2, 0) is 4.74 Å². The van der Waals surface area contributed by atoms with Crippen LogP contribution in [0.4, 0.5) is 0 Å². The summed E-state index contributed by atoms with van der Waals surface area (Å²) in [6.45, 7) is 0.678. The van der Waals surface area contributed by atoms with E-state index in [1.807, 2.05) is 0 Å². The highest BCUT2D eigenvalue weighted by molar-refractivity contribution is 7.73. The van der Waals surface area contributed by atoms with Crippen LogP contribution in [0.25, 0.3) is 0 Å². The van der Waals surface area contributed by atoms with E-state index in [9.17, 15) is 0 Å². The van der Waals surface area contributed by atoms with E-state index in [0.717, 1.165) is 5.90 Å². The van der Waals surface area contributed by atoms with E-state index in [0.29, 0.717) is 18.2 Å². The van der Waals surface area contributed by atoms with Gasteiger partial charge in [0.05, 0.1) is 0 Å². The first-order valence-electron chi connectivity index (χ1n) is 10.5. The fourth-order valence-electron chi connectivity index (χ4n) is 4.69. The predicted octanol–water partition coefficient (Wildman–Crippen LogP) is 5.46. The molecule has 3 heteroatoms. The third kappa shape index (κ3) is 3.87. The molecule has 29 heavy (non-hydrogen) atoms. The number of hydrogen-bond donors (Lipinski definition) is 0. The molecule has 1 saturated carbocycles. The molecular weight excluding hydrogens is 373 g/mol. The summed E-state index contributed by atoms with van der Waals surface area (Å²) in [6, 6.07) is 32.8. The van der Waals surface area contributed by atoms with Crippen LogP contribution in [0.5, 0.6) is 0 Å². The highest BCUT2D eigenvalue weighted by Gasteiger charge is 2.40. The summed E-state index contributed by atoms with van der Waals surface area (Å²) in [5.74, 6) is 1.43. The topological polar surface area (TPSA) is 21.6 Å². The Labute approximate surface area is 174 Å². The van der Waals surface area contributed by atoms with Crippen LogP contribution < -0.4 is 10.6 Å². The molecule has 1 heterocycles. The van der Waals surface area contributed by atoms with Crippen molar-refractivity contribution in [3.63, 3.8) is 0 Å². The zero-order chi connectivity index (χ0) is 19.5. The van der Waals surface area contributed by atoms with Gasteiger partial charge in [0.2, 0.25) is 0 Å². The second-order valence-electron chi connectivity index (χ2n) is 7.85. The average Bonchev–Trinajstić information content (AvgIpc) is 3.46. The highest BCUT2D eigenvalue weighted by atomic mass is 31.1. The van der Waals surface area contributed by atoms with Gasteiger partial charge in [-0.05, 0) is 42.6 Å². The van der Waals surface area contributed by atoms with Gasteiger partial charge in [-0.25, -0.2) is 4.99 Å². The van der Waals surface area contributed by atoms with Crippen molar-refractivity contribution in [1.82, 2.24) is 0 Å². The van der Waals surface area contributed by atoms with Gasteiger partial charge in [-0.2, -0.15) is 0 Å². The molecule has 2 unspecified atom stereocenters. The minimum atomic E-state index is -0.437. The van der Waals surface area contributed by atoms with E-state index < -0.39 is 7.92 Å². The second-order valence-corrected chi connectivity index (χ2v) is 10.3. The zero-order valence-electron chi connectivity index (χ0n) is 16.5. The Morgan fingerprint density at radius 1 is 0.724 bits per heavy atom. The molecule has 2 nitrogen and oxygen atoms in total. The Morgan fingerprint density at radius 3 is 1.93 bits per heavy atom. The summed E-state index contributed by atoms with van der Waals surface area (Å²) < 4.78 is 6.22. The average molecular weight is 399 g/mol. The Morgan fingerprint density at radius 2 is 1.31 bits per heavy atom. The van der Waals surface area contributed by atoms with Crippen LogP contribution in [0.3, 0.4) is 0 Å². The van der Waals surface area contributed by atoms with Crippen molar-refractivity contribution in [3.05, 3.63) is 96.6 Å². The number of benzene rings is 3. The molecule has 5 rings (SSSR count). The lowest BCUT2D eigenvalue weighted by molar-refractivity contribution is 0.299. The van der Waals surface area contributed by atoms with Crippen LogP contribution >= 0.6 is 7.92 Å². The smallest absolute Gasteiger partial charge is 0.187 e. The maximum atomic E-state index is 6.22. The van der Waals surface area contributed by atoms with Crippen molar-refractivity contribution in [2.24, 2.45) is 10.9 Å². The van der Waals surface area contributed by atoms with Gasteiger partial charge in [-0.15, -0.1) is 0 Å². The Bertz CT molecular complexity index is 918. The summed E-state index contributed by atoms with van der Waals surface area (Å²) in [6.07, 6.45) is 3.69. The van der Waals surface area contributed by atoms with Gasteiger partial charge in [0.15, 0.2) is 5.90 Å². The molecule has 0 aromatic heterocycles. The van der Waals surface area contributed by atoms with E-state index in [-0.39, 0.29) is 6.04 Å². The molecule has 146 valence electrons. The van der Waals surface area contributed by atoms with Gasteiger partial charge in [0, 0.05) is 5.92 Å². The van der Waals surface area contributed by atoms with E-state index in [4.69, 9.17) is 9.73 Å². The summed E-state index contributed by atoms with van der Waals surface area (Å²) in [4.78, 5) is 5.07. The van der Waals surface area contributed by atoms with Gasteiger partial charge < -0.3 is 4.74 Å². The van der Waals surface area contributed by atoms with Crippen molar-refractivity contribution in [3.8, 4) is 0 Å². The quantitative estimate of drug-likeness (QED) is 0.522. The van der Waals surface area contributed by atoms with Gasteiger partial charge in [-0.1, -0.05) is 97.4 Å². The fourth-order valence-corrected chi connectivity index (χ4v) is 7.82. The summed E-state index contributed by atoms with van der Waals surface area (Å²) in [5.41, 5.74) is 1.84. The molecule has 0 saturated heterocycles. The standard InChI is InChI=1S/C26H26NOP/c1-4-11-20(12-5-1)24-19-28-26(27-24)23-17-10-18-25(23)29(21-13-6-2-7-14-21)22-15-8-3-9-16-22/h1-9,11-16,23-25H,10,17-19H2/t23?,24-,25?/m0/s1. The summed E-state index contributed by atoms with van der Waals surface area (Å²) in [5, 5.41) is 2.92. The molecule has 0 spiro atoms. The molecular formula is C26H26NOP. The van der Waals surface area contributed by atoms with Gasteiger partial charge in [-0.3, -0.25) is 0 Å². The summed E-state index contributed by atoms with van der Waals surface area (Å²) >= 11 is 0. The monoisotopic (exact) mass is 399 g/mol. The maximum absolute atomic E-state index is 6.22. The minimum absolute atomic E-state index is 0.145. The van der Waals surface area contributed by atoms with E-state index in [1.165, 1.54) is 35.4 Å². The molecule has 2 aliphatic rings. The lowest BCUT2D eigenvalue weighted by Crippen LogP contribution is -2.29. The lowest BCUT2D eigenvalue weighted by Gasteiger charge is -2.29. The lowest BCUT2D eigenvalue weighted by atomic mass is 10.1. The van der Waals surface area contributed by atoms with Crippen molar-refractivity contribution in [1.29, 1.82) is 0 Å². The number of nitrogens with zero attached hydrogens (tertiary/aromatic N) is 1. The minimum Gasteiger partial charge on any atom is -0.478 e. The van der Waals surface area contributed by atoms with Gasteiger partial charge in [0.1, 0.15) is 12.6 Å². The second kappa shape index (κ2) is 8.51. The molecule has 0 amide bonds. The van der Waals surface area contributed by atoms with E-state index in [2.05, 4.69) is 91.0 Å². The third-order valence-electron chi connectivity index (χ3n) is 6.05. The molecule has 3 aromatic carbocycles. The molecule has 3 atom stereocenters. The highest BCUT2D eigenvalue weighted by Crippen LogP contribution is 2.51. The normalized spacial score (nSPS) is 23.8. The number of aliphatic imine (C=N–C) groups is 1. The van der Waals surface area contributed by atoms with Crippen LogP contribution in [0.15, 0.2) is 96.0 Å². The Kier molecular flexibility index (Phi) is 5.45. The Balaban J connectivity index is 1.47. The molecule has 0 radical (unpaired) electrons.